The smallest absolute Gasteiger partial charge is 0.356 e. The van der Waals surface area contributed by atoms with Gasteiger partial charge < -0.3 is 26.0 Å². The third-order valence-electron chi connectivity index (χ3n) is 4.75. The minimum absolute atomic E-state index is 0.0494. The van der Waals surface area contributed by atoms with E-state index >= 15 is 0 Å². The molecule has 2 heterocycles. The molecule has 0 amide bonds. The number of nitrogen functional groups attached to an aromatic ring is 1. The molecule has 0 saturated heterocycles. The van der Waals surface area contributed by atoms with Gasteiger partial charge in [0.05, 0.1) is 19.8 Å². The molecule has 31 heavy (non-hydrogen) atoms. The predicted molar refractivity (Wildman–Crippen MR) is 109 cm³/mol. The highest BCUT2D eigenvalue weighted by Crippen LogP contribution is 2.29. The molecule has 1 atom stereocenters. The lowest BCUT2D eigenvalue weighted by atomic mass is 10.1. The first kappa shape index (κ1) is 21.7. The van der Waals surface area contributed by atoms with Crippen LogP contribution in [0.4, 0.5) is 5.82 Å². The number of nitrogens with two attached hydrogens (primary N) is 2. The van der Waals surface area contributed by atoms with Crippen molar-refractivity contribution in [1.82, 2.24) is 14.6 Å². The maximum Gasteiger partial charge on any atom is 0.356 e. The Bertz CT molecular complexity index is 1170. The van der Waals surface area contributed by atoms with E-state index in [0.29, 0.717) is 5.56 Å². The van der Waals surface area contributed by atoms with E-state index in [1.807, 2.05) is 12.1 Å². The first-order chi connectivity index (χ1) is 14.7. The van der Waals surface area contributed by atoms with Gasteiger partial charge in [0, 0.05) is 18.2 Å². The Labute approximate surface area is 176 Å². The van der Waals surface area contributed by atoms with Crippen LogP contribution < -0.4 is 11.5 Å². The van der Waals surface area contributed by atoms with Crippen LogP contribution in [0.1, 0.15) is 54.9 Å². The van der Waals surface area contributed by atoms with Crippen molar-refractivity contribution in [3.8, 4) is 0 Å². The first-order valence-corrected chi connectivity index (χ1v) is 9.19. The summed E-state index contributed by atoms with van der Waals surface area (Å²) in [5, 5.41) is 12.7. The number of hydrogen-bond acceptors (Lipinski definition) is 9. The van der Waals surface area contributed by atoms with Crippen LogP contribution in [0.15, 0.2) is 30.3 Å². The fraction of sp³-hybridized carbons (Fsp3) is 0.250. The summed E-state index contributed by atoms with van der Waals surface area (Å²) in [6.07, 6.45) is 1.93. The number of anilines is 1. The molecule has 0 aliphatic heterocycles. The summed E-state index contributed by atoms with van der Waals surface area (Å²) in [5.74, 6) is -2.13. The van der Waals surface area contributed by atoms with Gasteiger partial charge >= 0.3 is 17.9 Å². The van der Waals surface area contributed by atoms with Crippen molar-refractivity contribution in [2.45, 2.75) is 18.9 Å². The Morgan fingerprint density at radius 2 is 1.84 bits per heavy atom. The van der Waals surface area contributed by atoms with E-state index in [2.05, 4.69) is 19.6 Å². The molecule has 0 radical (unpaired) electrons. The normalized spacial score (nSPS) is 14.4. The number of ether oxygens (including phenoxy) is 2. The second-order valence-electron chi connectivity index (χ2n) is 6.71. The Balaban J connectivity index is 0.000000179. The Kier molecular flexibility index (Phi) is 6.16. The van der Waals surface area contributed by atoms with E-state index in [0.717, 1.165) is 29.0 Å². The monoisotopic (exact) mass is 427 g/mol. The van der Waals surface area contributed by atoms with Crippen LogP contribution in [0.3, 0.4) is 0 Å². The van der Waals surface area contributed by atoms with Crippen molar-refractivity contribution in [3.63, 3.8) is 0 Å². The summed E-state index contributed by atoms with van der Waals surface area (Å²) in [7, 11) is 2.57. The number of esters is 2. The molecule has 1 aliphatic carbocycles. The van der Waals surface area contributed by atoms with Gasteiger partial charge in [-0.15, -0.1) is 5.10 Å². The van der Waals surface area contributed by atoms with E-state index in [1.165, 1.54) is 25.8 Å². The van der Waals surface area contributed by atoms with Gasteiger partial charge in [0.25, 0.3) is 0 Å². The molecule has 4 rings (SSSR count). The molecule has 162 valence electrons. The van der Waals surface area contributed by atoms with Crippen LogP contribution in [0, 0.1) is 0 Å². The number of nitrogens with zero attached hydrogens (tertiary/aromatic N) is 3. The second kappa shape index (κ2) is 8.79. The van der Waals surface area contributed by atoms with Gasteiger partial charge in [-0.2, -0.15) is 0 Å². The van der Waals surface area contributed by atoms with Gasteiger partial charge in [0.1, 0.15) is 5.82 Å². The summed E-state index contributed by atoms with van der Waals surface area (Å²) in [6.45, 7) is 0. The second-order valence-corrected chi connectivity index (χ2v) is 6.71. The summed E-state index contributed by atoms with van der Waals surface area (Å²) >= 11 is 0. The van der Waals surface area contributed by atoms with E-state index in [9.17, 15) is 14.4 Å². The van der Waals surface area contributed by atoms with Crippen molar-refractivity contribution in [2.24, 2.45) is 5.73 Å². The van der Waals surface area contributed by atoms with Crippen molar-refractivity contribution in [1.29, 1.82) is 0 Å². The molecule has 1 aliphatic rings. The molecule has 1 aromatic carbocycles. The van der Waals surface area contributed by atoms with Crippen LogP contribution in [0.25, 0.3) is 5.65 Å². The molecule has 11 nitrogen and oxygen atoms in total. The average Bonchev–Trinajstić information content (AvgIpc) is 3.33. The molecule has 3 aromatic rings. The van der Waals surface area contributed by atoms with Gasteiger partial charge in [-0.05, 0) is 36.1 Å². The summed E-state index contributed by atoms with van der Waals surface area (Å²) in [4.78, 5) is 37.3. The maximum absolute atomic E-state index is 11.5. The van der Waals surface area contributed by atoms with E-state index in [1.54, 1.807) is 6.07 Å². The summed E-state index contributed by atoms with van der Waals surface area (Å²) in [6, 6.07) is 8.16. The standard InChI is InChI=1S/C11H13NO2.C9H8N4O4/c1-14-11(13)8-2-4-9-7(6-8)3-5-10(9)12;1-17-9(16)5-2-4(8(14)15)11-7-3-6(10)12-13(5)7/h2,4,6,10H,3,5,12H2,1H3;2-3H,1H3,(H2,10,12)(H,14,15)/t10-;/m0./s1. The number of aromatic nitrogens is 3. The van der Waals surface area contributed by atoms with Crippen molar-refractivity contribution in [3.05, 3.63) is 58.4 Å². The SMILES string of the molecule is COC(=O)c1cc(C(=O)O)nc2cc(N)nn12.COC(=O)c1ccc2c(c1)CC[C@@H]2N. The average molecular weight is 427 g/mol. The molecular formula is C20H21N5O6. The lowest BCUT2D eigenvalue weighted by molar-refractivity contribution is 0.0585. The van der Waals surface area contributed by atoms with Crippen molar-refractivity contribution in [2.75, 3.05) is 20.0 Å². The van der Waals surface area contributed by atoms with E-state index in [4.69, 9.17) is 16.6 Å². The number of carboxylic acids is 1. The molecule has 11 heteroatoms. The largest absolute Gasteiger partial charge is 0.477 e. The Hall–Kier alpha value is -3.99. The lowest BCUT2D eigenvalue weighted by Crippen LogP contribution is -2.13. The molecule has 0 spiro atoms. The number of hydrogen-bond donors (Lipinski definition) is 3. The highest BCUT2D eigenvalue weighted by molar-refractivity contribution is 5.93. The van der Waals surface area contributed by atoms with Crippen LogP contribution in [-0.2, 0) is 15.9 Å². The molecular weight excluding hydrogens is 406 g/mol. The van der Waals surface area contributed by atoms with Gasteiger partial charge in [0.15, 0.2) is 17.0 Å². The molecule has 0 fully saturated rings. The van der Waals surface area contributed by atoms with Crippen LogP contribution in [0.2, 0.25) is 0 Å². The zero-order valence-corrected chi connectivity index (χ0v) is 16.9. The summed E-state index contributed by atoms with van der Waals surface area (Å²) < 4.78 is 10.3. The van der Waals surface area contributed by atoms with E-state index < -0.39 is 11.9 Å². The molecule has 0 bridgehead atoms. The first-order valence-electron chi connectivity index (χ1n) is 9.19. The summed E-state index contributed by atoms with van der Waals surface area (Å²) in [5.41, 5.74) is 14.1. The molecule has 0 saturated carbocycles. The zero-order valence-electron chi connectivity index (χ0n) is 16.9. The Morgan fingerprint density at radius 3 is 2.48 bits per heavy atom. The minimum atomic E-state index is -1.25. The van der Waals surface area contributed by atoms with Crippen molar-refractivity contribution < 1.29 is 29.0 Å². The number of aromatic carboxylic acids is 1. The number of carbonyl (C=O) groups excluding carboxylic acids is 2. The van der Waals surface area contributed by atoms with Crippen LogP contribution in [0.5, 0.6) is 0 Å². The number of fused-ring (bicyclic) bond motifs is 2. The third kappa shape index (κ3) is 4.46. The Morgan fingerprint density at radius 1 is 1.13 bits per heavy atom. The van der Waals surface area contributed by atoms with Gasteiger partial charge in [-0.3, -0.25) is 0 Å². The topological polar surface area (TPSA) is 172 Å². The third-order valence-corrected chi connectivity index (χ3v) is 4.75. The predicted octanol–water partition coefficient (Wildman–Crippen LogP) is 1.22. The van der Waals surface area contributed by atoms with Gasteiger partial charge in [-0.25, -0.2) is 23.9 Å². The zero-order chi connectivity index (χ0) is 22.7. The number of carbonyl (C=O) groups is 3. The van der Waals surface area contributed by atoms with Gasteiger partial charge in [0.2, 0.25) is 0 Å². The van der Waals surface area contributed by atoms with Crippen molar-refractivity contribution >= 4 is 29.4 Å². The number of rotatable bonds is 3. The quantitative estimate of drug-likeness (QED) is 0.516. The van der Waals surface area contributed by atoms with E-state index in [-0.39, 0.29) is 34.9 Å². The highest BCUT2D eigenvalue weighted by atomic mass is 16.5. The molecule has 5 N–H and O–H groups in total. The fourth-order valence-electron chi connectivity index (χ4n) is 3.25. The minimum Gasteiger partial charge on any atom is -0.477 e. The molecule has 0 unspecified atom stereocenters. The maximum atomic E-state index is 11.5. The number of methoxy groups -OCH3 is 2. The lowest BCUT2D eigenvalue weighted by Gasteiger charge is -2.05. The van der Waals surface area contributed by atoms with Crippen LogP contribution in [-0.4, -0.2) is 51.8 Å². The fourth-order valence-corrected chi connectivity index (χ4v) is 3.25. The van der Waals surface area contributed by atoms with Crippen LogP contribution >= 0.6 is 0 Å². The number of carboxylic acid groups (broad SMARTS) is 1. The van der Waals surface area contributed by atoms with Gasteiger partial charge in [-0.1, -0.05) is 6.07 Å². The number of aryl methyl sites for hydroxylation is 1. The highest BCUT2D eigenvalue weighted by Gasteiger charge is 2.20. The molecule has 2 aromatic heterocycles. The number of benzene rings is 1.